The molecule has 1 unspecified atom stereocenters. The van der Waals surface area contributed by atoms with Gasteiger partial charge in [-0.3, -0.25) is 4.79 Å². The molecular weight excluding hydrogens is 320 g/mol. The van der Waals surface area contributed by atoms with Crippen LogP contribution in [0.4, 0.5) is 5.69 Å². The first-order valence-electron chi connectivity index (χ1n) is 7.53. The maximum atomic E-state index is 12.2. The molecule has 1 fully saturated rings. The fraction of sp³-hybridized carbons (Fsp3) is 0.562. The van der Waals surface area contributed by atoms with Crippen LogP contribution in [0.15, 0.2) is 18.2 Å². The molecule has 22 heavy (non-hydrogen) atoms. The summed E-state index contributed by atoms with van der Waals surface area (Å²) in [5.41, 5.74) is 1.90. The molecule has 1 amide bonds. The number of carbonyl (C=O) groups is 1. The second-order valence-corrected chi connectivity index (χ2v) is 6.48. The van der Waals surface area contributed by atoms with Gasteiger partial charge in [0.15, 0.2) is 0 Å². The molecule has 2 N–H and O–H groups in total. The SMILES string of the molecule is CCCOc1cc(C)ccc1NC(=O)CC1CSCCN1.Cl. The highest BCUT2D eigenvalue weighted by atomic mass is 35.5. The van der Waals surface area contributed by atoms with Crippen molar-refractivity contribution in [2.24, 2.45) is 0 Å². The van der Waals surface area contributed by atoms with E-state index < -0.39 is 0 Å². The smallest absolute Gasteiger partial charge is 0.226 e. The molecule has 2 rings (SSSR count). The predicted molar refractivity (Wildman–Crippen MR) is 96.6 cm³/mol. The highest BCUT2D eigenvalue weighted by Crippen LogP contribution is 2.26. The van der Waals surface area contributed by atoms with Crippen LogP contribution in [0.5, 0.6) is 5.75 Å². The first kappa shape index (κ1) is 19.1. The number of carbonyl (C=O) groups excluding carboxylic acids is 1. The summed E-state index contributed by atoms with van der Waals surface area (Å²) in [5.74, 6) is 2.93. The maximum absolute atomic E-state index is 12.2. The fourth-order valence-electron chi connectivity index (χ4n) is 2.24. The minimum Gasteiger partial charge on any atom is -0.491 e. The molecule has 1 aliphatic rings. The first-order chi connectivity index (χ1) is 10.2. The lowest BCUT2D eigenvalue weighted by Gasteiger charge is -2.22. The van der Waals surface area contributed by atoms with Gasteiger partial charge in [-0.1, -0.05) is 13.0 Å². The zero-order valence-electron chi connectivity index (χ0n) is 13.2. The van der Waals surface area contributed by atoms with Crippen molar-refractivity contribution < 1.29 is 9.53 Å². The molecule has 0 saturated carbocycles. The van der Waals surface area contributed by atoms with Gasteiger partial charge < -0.3 is 15.4 Å². The van der Waals surface area contributed by atoms with Gasteiger partial charge in [0.2, 0.25) is 5.91 Å². The van der Waals surface area contributed by atoms with Gasteiger partial charge in [-0.15, -0.1) is 12.4 Å². The molecule has 1 aromatic rings. The summed E-state index contributed by atoms with van der Waals surface area (Å²) in [6.45, 7) is 5.74. The van der Waals surface area contributed by atoms with Gasteiger partial charge in [0.05, 0.1) is 12.3 Å². The normalized spacial score (nSPS) is 17.5. The number of rotatable bonds is 6. The average molecular weight is 345 g/mol. The van der Waals surface area contributed by atoms with Crippen molar-refractivity contribution in [3.8, 4) is 5.75 Å². The molecule has 1 aliphatic heterocycles. The third kappa shape index (κ3) is 6.07. The van der Waals surface area contributed by atoms with Crippen LogP contribution >= 0.6 is 24.2 Å². The summed E-state index contributed by atoms with van der Waals surface area (Å²) < 4.78 is 5.72. The molecule has 1 aromatic carbocycles. The second-order valence-electron chi connectivity index (χ2n) is 5.33. The Kier molecular flexibility index (Phi) is 8.68. The standard InChI is InChI=1S/C16H24N2O2S.ClH/c1-3-7-20-15-9-12(2)4-5-14(15)18-16(19)10-13-11-21-8-6-17-13;/h4-5,9,13,17H,3,6-8,10-11H2,1-2H3,(H,18,19);1H. The Morgan fingerprint density at radius 2 is 2.32 bits per heavy atom. The van der Waals surface area contributed by atoms with Crippen molar-refractivity contribution in [2.45, 2.75) is 32.7 Å². The van der Waals surface area contributed by atoms with Crippen LogP contribution in [-0.2, 0) is 4.79 Å². The summed E-state index contributed by atoms with van der Waals surface area (Å²) in [7, 11) is 0. The predicted octanol–water partition coefficient (Wildman–Crippen LogP) is 3.24. The van der Waals surface area contributed by atoms with Crippen LogP contribution in [0.25, 0.3) is 0 Å². The summed E-state index contributed by atoms with van der Waals surface area (Å²) >= 11 is 1.90. The van der Waals surface area contributed by atoms with E-state index in [0.29, 0.717) is 13.0 Å². The number of thioether (sulfide) groups is 1. The number of hydrogen-bond donors (Lipinski definition) is 2. The third-order valence-electron chi connectivity index (χ3n) is 3.30. The van der Waals surface area contributed by atoms with Gasteiger partial charge in [-0.25, -0.2) is 0 Å². The van der Waals surface area contributed by atoms with Crippen molar-refractivity contribution in [1.29, 1.82) is 0 Å². The molecule has 6 heteroatoms. The lowest BCUT2D eigenvalue weighted by molar-refractivity contribution is -0.116. The fourth-order valence-corrected chi connectivity index (χ4v) is 3.19. The zero-order chi connectivity index (χ0) is 15.1. The van der Waals surface area contributed by atoms with Crippen molar-refractivity contribution >= 4 is 35.8 Å². The van der Waals surface area contributed by atoms with E-state index in [2.05, 4.69) is 17.6 Å². The number of halogens is 1. The largest absolute Gasteiger partial charge is 0.491 e. The van der Waals surface area contributed by atoms with Crippen LogP contribution in [-0.4, -0.2) is 36.6 Å². The number of ether oxygens (including phenoxy) is 1. The molecule has 1 heterocycles. The van der Waals surface area contributed by atoms with E-state index in [1.807, 2.05) is 36.9 Å². The van der Waals surface area contributed by atoms with Gasteiger partial charge >= 0.3 is 0 Å². The highest BCUT2D eigenvalue weighted by molar-refractivity contribution is 7.99. The Balaban J connectivity index is 0.00000242. The Bertz CT molecular complexity index is 479. The van der Waals surface area contributed by atoms with Gasteiger partial charge in [0.25, 0.3) is 0 Å². The van der Waals surface area contributed by atoms with E-state index in [-0.39, 0.29) is 24.4 Å². The molecule has 1 saturated heterocycles. The molecule has 0 aromatic heterocycles. The van der Waals surface area contributed by atoms with Gasteiger partial charge in [0.1, 0.15) is 5.75 Å². The van der Waals surface area contributed by atoms with Crippen LogP contribution in [0, 0.1) is 6.92 Å². The van der Waals surface area contributed by atoms with Gasteiger partial charge in [-0.05, 0) is 31.0 Å². The number of aryl methyl sites for hydroxylation is 1. The Morgan fingerprint density at radius 3 is 3.00 bits per heavy atom. The lowest BCUT2D eigenvalue weighted by Crippen LogP contribution is -2.39. The van der Waals surface area contributed by atoms with Crippen LogP contribution in [0.3, 0.4) is 0 Å². The van der Waals surface area contributed by atoms with E-state index in [1.54, 1.807) is 0 Å². The van der Waals surface area contributed by atoms with Crippen molar-refractivity contribution in [1.82, 2.24) is 5.32 Å². The molecule has 0 aliphatic carbocycles. The van der Waals surface area contributed by atoms with E-state index in [0.717, 1.165) is 41.5 Å². The molecule has 4 nitrogen and oxygen atoms in total. The monoisotopic (exact) mass is 344 g/mol. The van der Waals surface area contributed by atoms with Crippen LogP contribution in [0.2, 0.25) is 0 Å². The second kappa shape index (κ2) is 9.98. The Morgan fingerprint density at radius 1 is 1.50 bits per heavy atom. The molecule has 0 radical (unpaired) electrons. The number of anilines is 1. The van der Waals surface area contributed by atoms with Crippen molar-refractivity contribution in [3.63, 3.8) is 0 Å². The zero-order valence-corrected chi connectivity index (χ0v) is 14.8. The lowest BCUT2D eigenvalue weighted by atomic mass is 10.2. The van der Waals surface area contributed by atoms with E-state index in [1.165, 1.54) is 0 Å². The first-order valence-corrected chi connectivity index (χ1v) is 8.69. The summed E-state index contributed by atoms with van der Waals surface area (Å²) in [6, 6.07) is 6.15. The summed E-state index contributed by atoms with van der Waals surface area (Å²) in [4.78, 5) is 12.2. The molecule has 124 valence electrons. The van der Waals surface area contributed by atoms with Gasteiger partial charge in [0, 0.05) is 30.5 Å². The molecule has 1 atom stereocenters. The average Bonchev–Trinajstić information content (AvgIpc) is 2.48. The van der Waals surface area contributed by atoms with E-state index >= 15 is 0 Å². The molecular formula is C16H25ClN2O2S. The highest BCUT2D eigenvalue weighted by Gasteiger charge is 2.17. The number of benzene rings is 1. The minimum absolute atomic E-state index is 0. The van der Waals surface area contributed by atoms with Gasteiger partial charge in [-0.2, -0.15) is 11.8 Å². The number of hydrogen-bond acceptors (Lipinski definition) is 4. The van der Waals surface area contributed by atoms with Crippen LogP contribution < -0.4 is 15.4 Å². The van der Waals surface area contributed by atoms with E-state index in [9.17, 15) is 4.79 Å². The molecule has 0 spiro atoms. The molecule has 0 bridgehead atoms. The van der Waals surface area contributed by atoms with E-state index in [4.69, 9.17) is 4.74 Å². The maximum Gasteiger partial charge on any atom is 0.226 e. The number of amides is 1. The number of nitrogens with one attached hydrogen (secondary N) is 2. The summed E-state index contributed by atoms with van der Waals surface area (Å²) in [5, 5.41) is 6.36. The van der Waals surface area contributed by atoms with Crippen molar-refractivity contribution in [3.05, 3.63) is 23.8 Å². The Labute approximate surface area is 143 Å². The van der Waals surface area contributed by atoms with Crippen LogP contribution in [0.1, 0.15) is 25.3 Å². The summed E-state index contributed by atoms with van der Waals surface area (Å²) in [6.07, 6.45) is 1.46. The minimum atomic E-state index is 0. The topological polar surface area (TPSA) is 50.4 Å². The third-order valence-corrected chi connectivity index (χ3v) is 4.43. The Hall–Kier alpha value is -0.910. The van der Waals surface area contributed by atoms with Crippen molar-refractivity contribution in [2.75, 3.05) is 30.0 Å². The quantitative estimate of drug-likeness (QED) is 0.831.